The number of aliphatic imine (C=N–C) groups is 1. The highest BCUT2D eigenvalue weighted by molar-refractivity contribution is 5.78. The Balaban J connectivity index is 1.63. The summed E-state index contributed by atoms with van der Waals surface area (Å²) in [5.74, 6) is 1.45. The average Bonchev–Trinajstić information content (AvgIpc) is 3.13. The molecule has 1 unspecified atom stereocenters. The molecule has 24 heavy (non-hydrogen) atoms. The summed E-state index contributed by atoms with van der Waals surface area (Å²) in [4.78, 5) is 6.60. The van der Waals surface area contributed by atoms with Crippen LogP contribution in [0.15, 0.2) is 23.2 Å². The van der Waals surface area contributed by atoms with Crippen LogP contribution in [0.2, 0.25) is 0 Å². The Labute approximate surface area is 143 Å². The number of hydrogen-bond acceptors (Lipinski definition) is 4. The molecule has 2 heterocycles. The van der Waals surface area contributed by atoms with Crippen molar-refractivity contribution in [3.05, 3.63) is 29.3 Å². The Kier molecular flexibility index (Phi) is 5.93. The van der Waals surface area contributed by atoms with Crippen molar-refractivity contribution < 1.29 is 14.2 Å². The van der Waals surface area contributed by atoms with Crippen molar-refractivity contribution in [2.45, 2.75) is 32.4 Å². The van der Waals surface area contributed by atoms with Gasteiger partial charge in [-0.2, -0.15) is 0 Å². The van der Waals surface area contributed by atoms with E-state index in [9.17, 15) is 0 Å². The van der Waals surface area contributed by atoms with Crippen molar-refractivity contribution in [1.29, 1.82) is 0 Å². The van der Waals surface area contributed by atoms with Crippen LogP contribution in [-0.2, 0) is 16.0 Å². The van der Waals surface area contributed by atoms with E-state index in [4.69, 9.17) is 19.9 Å². The third-order valence-electron chi connectivity index (χ3n) is 4.42. The number of aryl methyl sites for hydroxylation is 1. The van der Waals surface area contributed by atoms with Crippen LogP contribution in [0.3, 0.4) is 0 Å². The maximum atomic E-state index is 6.11. The molecule has 0 amide bonds. The molecule has 2 N–H and O–H groups in total. The Hall–Kier alpha value is -1.79. The maximum absolute atomic E-state index is 6.11. The van der Waals surface area contributed by atoms with Gasteiger partial charge in [0.1, 0.15) is 12.4 Å². The monoisotopic (exact) mass is 333 g/mol. The fourth-order valence-electron chi connectivity index (χ4n) is 2.94. The van der Waals surface area contributed by atoms with Crippen LogP contribution in [0.5, 0.6) is 5.75 Å². The molecule has 0 saturated carbocycles. The summed E-state index contributed by atoms with van der Waals surface area (Å²) in [6.45, 7) is 7.02. The van der Waals surface area contributed by atoms with E-state index in [1.54, 1.807) is 0 Å². The van der Waals surface area contributed by atoms with Crippen LogP contribution >= 0.6 is 0 Å². The molecular formula is C18H27N3O3. The van der Waals surface area contributed by atoms with Crippen LogP contribution in [0.1, 0.15) is 24.0 Å². The van der Waals surface area contributed by atoms with Gasteiger partial charge in [0.15, 0.2) is 5.96 Å². The summed E-state index contributed by atoms with van der Waals surface area (Å²) in [7, 11) is 0. The fourth-order valence-corrected chi connectivity index (χ4v) is 2.94. The number of guanidine groups is 1. The average molecular weight is 333 g/mol. The van der Waals surface area contributed by atoms with E-state index in [-0.39, 0.29) is 6.10 Å². The molecule has 1 aromatic rings. The molecule has 0 spiro atoms. The first-order valence-electron chi connectivity index (χ1n) is 8.69. The number of nitrogens with two attached hydrogens (primary N) is 1. The van der Waals surface area contributed by atoms with E-state index in [0.29, 0.717) is 32.3 Å². The molecule has 0 radical (unpaired) electrons. The van der Waals surface area contributed by atoms with E-state index < -0.39 is 0 Å². The normalized spacial score (nSPS) is 22.0. The van der Waals surface area contributed by atoms with Gasteiger partial charge in [0.05, 0.1) is 25.9 Å². The lowest BCUT2D eigenvalue weighted by Gasteiger charge is -2.27. The van der Waals surface area contributed by atoms with Crippen LogP contribution in [-0.4, -0.2) is 56.5 Å². The molecule has 2 aliphatic heterocycles. The molecule has 6 heteroatoms. The van der Waals surface area contributed by atoms with Gasteiger partial charge in [-0.05, 0) is 31.4 Å². The highest BCUT2D eigenvalue weighted by Gasteiger charge is 2.17. The topological polar surface area (TPSA) is 69.3 Å². The molecule has 0 aliphatic carbocycles. The largest absolute Gasteiger partial charge is 0.491 e. The Morgan fingerprint density at radius 2 is 2.17 bits per heavy atom. The SMILES string of the molecule is Cc1ccc(CN=C(N)N2CCOCC2)c(OCC2CCCO2)c1. The summed E-state index contributed by atoms with van der Waals surface area (Å²) in [6, 6.07) is 6.20. The lowest BCUT2D eigenvalue weighted by Crippen LogP contribution is -2.44. The summed E-state index contributed by atoms with van der Waals surface area (Å²) in [5.41, 5.74) is 8.33. The minimum atomic E-state index is 0.209. The Morgan fingerprint density at radius 3 is 2.92 bits per heavy atom. The molecule has 1 aromatic carbocycles. The summed E-state index contributed by atoms with van der Waals surface area (Å²) >= 11 is 0. The van der Waals surface area contributed by atoms with Gasteiger partial charge in [-0.15, -0.1) is 0 Å². The van der Waals surface area contributed by atoms with Gasteiger partial charge in [-0.3, -0.25) is 0 Å². The first kappa shape index (κ1) is 17.0. The zero-order chi connectivity index (χ0) is 16.8. The highest BCUT2D eigenvalue weighted by Crippen LogP contribution is 2.23. The van der Waals surface area contributed by atoms with Gasteiger partial charge in [-0.1, -0.05) is 12.1 Å². The minimum absolute atomic E-state index is 0.209. The number of nitrogens with zero attached hydrogens (tertiary/aromatic N) is 2. The second-order valence-corrected chi connectivity index (χ2v) is 6.33. The first-order valence-corrected chi connectivity index (χ1v) is 8.69. The molecule has 6 nitrogen and oxygen atoms in total. The maximum Gasteiger partial charge on any atom is 0.191 e. The van der Waals surface area contributed by atoms with E-state index >= 15 is 0 Å². The smallest absolute Gasteiger partial charge is 0.191 e. The zero-order valence-corrected chi connectivity index (χ0v) is 14.4. The Bertz CT molecular complexity index is 565. The van der Waals surface area contributed by atoms with Crippen molar-refractivity contribution >= 4 is 5.96 Å². The van der Waals surface area contributed by atoms with Crippen molar-refractivity contribution in [2.75, 3.05) is 39.5 Å². The van der Waals surface area contributed by atoms with Gasteiger partial charge >= 0.3 is 0 Å². The number of ether oxygens (including phenoxy) is 3. The zero-order valence-electron chi connectivity index (χ0n) is 14.4. The van der Waals surface area contributed by atoms with Gasteiger partial charge < -0.3 is 24.8 Å². The van der Waals surface area contributed by atoms with Crippen LogP contribution in [0.25, 0.3) is 0 Å². The third-order valence-corrected chi connectivity index (χ3v) is 4.42. The summed E-state index contributed by atoms with van der Waals surface area (Å²) < 4.78 is 17.0. The molecule has 2 saturated heterocycles. The number of morpholine rings is 1. The first-order chi connectivity index (χ1) is 11.7. The van der Waals surface area contributed by atoms with Crippen molar-refractivity contribution in [3.63, 3.8) is 0 Å². The standard InChI is InChI=1S/C18H27N3O3/c1-14-4-5-15(12-20-18(19)21-6-9-22-10-7-21)17(11-14)24-13-16-3-2-8-23-16/h4-5,11,16H,2-3,6-10,12-13H2,1H3,(H2,19,20). The fraction of sp³-hybridized carbons (Fsp3) is 0.611. The van der Waals surface area contributed by atoms with Gasteiger partial charge in [0.2, 0.25) is 0 Å². The highest BCUT2D eigenvalue weighted by atomic mass is 16.5. The van der Waals surface area contributed by atoms with Gasteiger partial charge in [-0.25, -0.2) is 4.99 Å². The van der Waals surface area contributed by atoms with Crippen LogP contribution in [0.4, 0.5) is 0 Å². The molecular weight excluding hydrogens is 306 g/mol. The van der Waals surface area contributed by atoms with Crippen LogP contribution in [0, 0.1) is 6.92 Å². The lowest BCUT2D eigenvalue weighted by atomic mass is 10.1. The molecule has 3 rings (SSSR count). The predicted molar refractivity (Wildman–Crippen MR) is 93.4 cm³/mol. The summed E-state index contributed by atoms with van der Waals surface area (Å²) in [5, 5.41) is 0. The van der Waals surface area contributed by atoms with Gasteiger partial charge in [0.25, 0.3) is 0 Å². The number of hydrogen-bond donors (Lipinski definition) is 1. The molecule has 0 aromatic heterocycles. The van der Waals surface area contributed by atoms with Crippen molar-refractivity contribution in [1.82, 2.24) is 4.90 Å². The molecule has 2 aliphatic rings. The van der Waals surface area contributed by atoms with Gasteiger partial charge in [0, 0.05) is 25.3 Å². The lowest BCUT2D eigenvalue weighted by molar-refractivity contribution is 0.0671. The second-order valence-electron chi connectivity index (χ2n) is 6.33. The predicted octanol–water partition coefficient (Wildman–Crippen LogP) is 1.70. The van der Waals surface area contributed by atoms with E-state index in [1.807, 2.05) is 0 Å². The van der Waals surface area contributed by atoms with Crippen molar-refractivity contribution in [2.24, 2.45) is 10.7 Å². The summed E-state index contributed by atoms with van der Waals surface area (Å²) in [6.07, 6.45) is 2.40. The molecule has 2 fully saturated rings. The third kappa shape index (κ3) is 4.61. The van der Waals surface area contributed by atoms with E-state index in [1.165, 1.54) is 5.56 Å². The number of rotatable bonds is 5. The quantitative estimate of drug-likeness (QED) is 0.656. The second kappa shape index (κ2) is 8.35. The molecule has 1 atom stereocenters. The number of benzene rings is 1. The van der Waals surface area contributed by atoms with Crippen molar-refractivity contribution in [3.8, 4) is 5.75 Å². The van der Waals surface area contributed by atoms with Crippen LogP contribution < -0.4 is 10.5 Å². The molecule has 132 valence electrons. The van der Waals surface area contributed by atoms with E-state index in [0.717, 1.165) is 43.9 Å². The Morgan fingerprint density at radius 1 is 1.33 bits per heavy atom. The molecule has 0 bridgehead atoms. The van der Waals surface area contributed by atoms with E-state index in [2.05, 4.69) is 35.0 Å². The minimum Gasteiger partial charge on any atom is -0.491 e.